The number of nitrogens with zero attached hydrogens (tertiary/aromatic N) is 1. The van der Waals surface area contributed by atoms with Crippen LogP contribution in [0.3, 0.4) is 0 Å². The molecular formula is C27H41FN2O6. The lowest BCUT2D eigenvalue weighted by atomic mass is 9.71. The van der Waals surface area contributed by atoms with Gasteiger partial charge < -0.3 is 24.7 Å². The van der Waals surface area contributed by atoms with Gasteiger partial charge in [0.05, 0.1) is 41.8 Å². The molecule has 1 aromatic heterocycles. The number of rotatable bonds is 3. The molecule has 8 nitrogen and oxygen atoms in total. The second-order valence-corrected chi connectivity index (χ2v) is 11.3. The van der Waals surface area contributed by atoms with Crippen LogP contribution in [0.2, 0.25) is 0 Å². The monoisotopic (exact) mass is 508 g/mol. The molecule has 2 aliphatic rings. The van der Waals surface area contributed by atoms with Crippen LogP contribution in [-0.4, -0.2) is 56.8 Å². The molecule has 0 aliphatic carbocycles. The lowest BCUT2D eigenvalue weighted by Crippen LogP contribution is -2.48. The van der Waals surface area contributed by atoms with Gasteiger partial charge in [-0.3, -0.25) is 9.59 Å². The van der Waals surface area contributed by atoms with Crippen molar-refractivity contribution in [3.05, 3.63) is 23.7 Å². The Morgan fingerprint density at radius 1 is 1.31 bits per heavy atom. The molecule has 3 heterocycles. The molecule has 0 aromatic carbocycles. The summed E-state index contributed by atoms with van der Waals surface area (Å²) >= 11 is 0. The van der Waals surface area contributed by atoms with Crippen LogP contribution in [0, 0.1) is 24.2 Å². The first kappa shape index (κ1) is 28.5. The third-order valence-electron chi connectivity index (χ3n) is 8.03. The molecule has 0 radical (unpaired) electrons. The summed E-state index contributed by atoms with van der Waals surface area (Å²) in [4.78, 5) is 30.4. The zero-order valence-corrected chi connectivity index (χ0v) is 22.2. The highest BCUT2D eigenvalue weighted by atomic mass is 19.1. The molecule has 7 atom stereocenters. The fourth-order valence-electron chi connectivity index (χ4n) is 5.20. The Balaban J connectivity index is 1.87. The van der Waals surface area contributed by atoms with Crippen molar-refractivity contribution >= 4 is 17.8 Å². The summed E-state index contributed by atoms with van der Waals surface area (Å²) in [5.74, 6) is -1.83. The number of nitrogens with one attached hydrogen (secondary N) is 1. The number of aromatic nitrogens is 1. The SMILES string of the molecule is CC[C@H]1C(=O)C(C)(C)[C@@H](O)CC(=O)N[C@H](C(F)=Cc2coc(C)n2)CC2OC2(C)CCC[C@H](C)[C@@H]1O. The van der Waals surface area contributed by atoms with E-state index in [1.165, 1.54) is 12.3 Å². The topological polar surface area (TPSA) is 125 Å². The Hall–Kier alpha value is -2.10. The number of hydrogen-bond acceptors (Lipinski definition) is 7. The van der Waals surface area contributed by atoms with Gasteiger partial charge in [-0.2, -0.15) is 0 Å². The van der Waals surface area contributed by atoms with Crippen LogP contribution < -0.4 is 5.32 Å². The van der Waals surface area contributed by atoms with Crippen LogP contribution in [0.15, 0.2) is 16.5 Å². The number of Topliss-reactive ketones (excluding diaryl/α,β-unsaturated/α-hetero) is 1. The molecule has 0 bridgehead atoms. The second kappa shape index (κ2) is 11.1. The van der Waals surface area contributed by atoms with E-state index < -0.39 is 46.9 Å². The number of carbonyl (C=O) groups excluding carboxylic acids is 2. The summed E-state index contributed by atoms with van der Waals surface area (Å²) in [6.45, 7) is 10.6. The molecule has 3 N–H and O–H groups in total. The number of amides is 1. The average Bonchev–Trinajstić information content (AvgIpc) is 3.24. The number of hydrogen-bond donors (Lipinski definition) is 3. The standard InChI is InChI=1S/C27H41FN2O6/c1-7-18-24(33)15(2)9-8-10-27(6)22(36-27)12-20(19(28)11-17-14-35-16(3)29-17)30-23(32)13-21(31)26(4,5)25(18)34/h11,14-15,18,20-22,24,31,33H,7-10,12-13H2,1-6H3,(H,30,32)/t15-,18+,20-,21-,22?,24-,27?/m0/s1. The number of fused-ring (bicyclic) bond motifs is 1. The molecule has 9 heteroatoms. The molecule has 0 spiro atoms. The normalized spacial score (nSPS) is 36.8. The lowest BCUT2D eigenvalue weighted by molar-refractivity contribution is -0.144. The molecule has 2 unspecified atom stereocenters. The fraction of sp³-hybridized carbons (Fsp3) is 0.741. The molecule has 36 heavy (non-hydrogen) atoms. The van der Waals surface area contributed by atoms with Gasteiger partial charge >= 0.3 is 0 Å². The van der Waals surface area contributed by atoms with Gasteiger partial charge in [-0.25, -0.2) is 9.37 Å². The quantitative estimate of drug-likeness (QED) is 0.529. The molecule has 1 aromatic rings. The van der Waals surface area contributed by atoms with E-state index in [2.05, 4.69) is 10.3 Å². The lowest BCUT2D eigenvalue weighted by Gasteiger charge is -2.35. The van der Waals surface area contributed by atoms with Gasteiger partial charge in [-0.15, -0.1) is 0 Å². The highest BCUT2D eigenvalue weighted by molar-refractivity contribution is 5.88. The van der Waals surface area contributed by atoms with Gasteiger partial charge in [0.25, 0.3) is 0 Å². The summed E-state index contributed by atoms with van der Waals surface area (Å²) < 4.78 is 26.4. The van der Waals surface area contributed by atoms with E-state index in [-0.39, 0.29) is 30.6 Å². The van der Waals surface area contributed by atoms with Gasteiger partial charge in [0, 0.05) is 25.3 Å². The van der Waals surface area contributed by atoms with Crippen LogP contribution in [0.25, 0.3) is 6.08 Å². The number of ether oxygens (including phenoxy) is 1. The average molecular weight is 509 g/mol. The van der Waals surface area contributed by atoms with Crippen molar-refractivity contribution in [2.75, 3.05) is 0 Å². The van der Waals surface area contributed by atoms with E-state index in [1.807, 2.05) is 20.8 Å². The van der Waals surface area contributed by atoms with Crippen LogP contribution in [0.1, 0.15) is 84.7 Å². The smallest absolute Gasteiger partial charge is 0.223 e. The molecule has 0 saturated carbocycles. The molecule has 2 fully saturated rings. The largest absolute Gasteiger partial charge is 0.449 e. The molecule has 1 amide bonds. The van der Waals surface area contributed by atoms with Crippen molar-refractivity contribution in [1.29, 1.82) is 0 Å². The summed E-state index contributed by atoms with van der Waals surface area (Å²) in [5.41, 5.74) is -1.41. The minimum absolute atomic E-state index is 0.122. The maximum atomic E-state index is 15.3. The third kappa shape index (κ3) is 6.42. The number of epoxide rings is 1. The zero-order valence-electron chi connectivity index (χ0n) is 22.2. The molecule has 3 rings (SSSR count). The Kier molecular flexibility index (Phi) is 8.78. The molecule has 2 saturated heterocycles. The van der Waals surface area contributed by atoms with Crippen molar-refractivity contribution in [1.82, 2.24) is 10.3 Å². The number of halogens is 1. The number of carbonyl (C=O) groups is 2. The highest BCUT2D eigenvalue weighted by Gasteiger charge is 2.53. The molecule has 202 valence electrons. The van der Waals surface area contributed by atoms with Crippen LogP contribution in [0.5, 0.6) is 0 Å². The van der Waals surface area contributed by atoms with Crippen molar-refractivity contribution in [3.63, 3.8) is 0 Å². The van der Waals surface area contributed by atoms with E-state index in [0.717, 1.165) is 12.8 Å². The van der Waals surface area contributed by atoms with Gasteiger partial charge in [0.15, 0.2) is 5.89 Å². The van der Waals surface area contributed by atoms with E-state index >= 15 is 4.39 Å². The van der Waals surface area contributed by atoms with Crippen molar-refractivity contribution in [3.8, 4) is 0 Å². The third-order valence-corrected chi connectivity index (χ3v) is 8.03. The van der Waals surface area contributed by atoms with Crippen molar-refractivity contribution in [2.45, 2.75) is 110 Å². The first-order valence-electron chi connectivity index (χ1n) is 12.9. The predicted octanol–water partition coefficient (Wildman–Crippen LogP) is 3.88. The fourth-order valence-corrected chi connectivity index (χ4v) is 5.20. The highest BCUT2D eigenvalue weighted by Crippen LogP contribution is 2.44. The van der Waals surface area contributed by atoms with Crippen LogP contribution in [0.4, 0.5) is 4.39 Å². The first-order chi connectivity index (χ1) is 16.8. The Morgan fingerprint density at radius 2 is 2.00 bits per heavy atom. The van der Waals surface area contributed by atoms with Crippen molar-refractivity contribution < 1.29 is 33.3 Å². The minimum atomic E-state index is -1.30. The van der Waals surface area contributed by atoms with E-state index in [0.29, 0.717) is 24.4 Å². The van der Waals surface area contributed by atoms with E-state index in [9.17, 15) is 19.8 Å². The van der Waals surface area contributed by atoms with Gasteiger partial charge in [0.1, 0.15) is 23.6 Å². The number of aryl methyl sites for hydroxylation is 1. The van der Waals surface area contributed by atoms with E-state index in [1.54, 1.807) is 20.8 Å². The maximum Gasteiger partial charge on any atom is 0.223 e. The molecular weight excluding hydrogens is 467 g/mol. The summed E-state index contributed by atoms with van der Waals surface area (Å²) in [6.07, 6.45) is 2.63. The number of aliphatic hydroxyl groups excluding tert-OH is 2. The first-order valence-corrected chi connectivity index (χ1v) is 12.9. The van der Waals surface area contributed by atoms with Gasteiger partial charge in [-0.1, -0.05) is 34.1 Å². The number of ketones is 1. The van der Waals surface area contributed by atoms with E-state index in [4.69, 9.17) is 9.15 Å². The van der Waals surface area contributed by atoms with Crippen molar-refractivity contribution in [2.24, 2.45) is 17.3 Å². The Bertz CT molecular complexity index is 975. The maximum absolute atomic E-state index is 15.3. The Morgan fingerprint density at radius 3 is 2.61 bits per heavy atom. The van der Waals surface area contributed by atoms with Gasteiger partial charge in [-0.05, 0) is 32.1 Å². The molecule has 2 aliphatic heterocycles. The summed E-state index contributed by atoms with van der Waals surface area (Å²) in [6, 6.07) is -0.982. The zero-order chi connectivity index (χ0) is 26.8. The Labute approximate surface area is 212 Å². The number of oxazole rings is 1. The second-order valence-electron chi connectivity index (χ2n) is 11.3. The number of aliphatic hydroxyl groups is 2. The summed E-state index contributed by atoms with van der Waals surface area (Å²) in [7, 11) is 0. The summed E-state index contributed by atoms with van der Waals surface area (Å²) in [5, 5.41) is 24.6. The van der Waals surface area contributed by atoms with Crippen LogP contribution >= 0.6 is 0 Å². The van der Waals surface area contributed by atoms with Gasteiger partial charge in [0.2, 0.25) is 5.91 Å². The minimum Gasteiger partial charge on any atom is -0.449 e. The predicted molar refractivity (Wildman–Crippen MR) is 132 cm³/mol. The van der Waals surface area contributed by atoms with Crippen LogP contribution in [-0.2, 0) is 14.3 Å².